The zero-order valence-electron chi connectivity index (χ0n) is 10.8. The van der Waals surface area contributed by atoms with Crippen LogP contribution < -0.4 is 0 Å². The minimum atomic E-state index is -1.48. The molecule has 1 atom stereocenters. The summed E-state index contributed by atoms with van der Waals surface area (Å²) in [5.41, 5.74) is 1.63. The van der Waals surface area contributed by atoms with Crippen LogP contribution >= 0.6 is 0 Å². The summed E-state index contributed by atoms with van der Waals surface area (Å²) in [5.74, 6) is 0. The number of rotatable bonds is 7. The Morgan fingerprint density at radius 1 is 1.24 bits per heavy atom. The van der Waals surface area contributed by atoms with Gasteiger partial charge >= 0.3 is 9.28 Å². The van der Waals surface area contributed by atoms with Crippen molar-refractivity contribution in [3.8, 4) is 0 Å². The summed E-state index contributed by atoms with van der Waals surface area (Å²) in [6.45, 7) is 2.99. The van der Waals surface area contributed by atoms with E-state index in [1.54, 1.807) is 14.2 Å². The third-order valence-electron chi connectivity index (χ3n) is 2.68. The van der Waals surface area contributed by atoms with E-state index in [9.17, 15) is 0 Å². The largest absolute Gasteiger partial charge is 0.400 e. The van der Waals surface area contributed by atoms with E-state index in [1.807, 2.05) is 24.4 Å². The van der Waals surface area contributed by atoms with Crippen LogP contribution in [0.15, 0.2) is 35.3 Å². The second-order valence-electron chi connectivity index (χ2n) is 4.05. The maximum absolute atomic E-state index is 5.34. The van der Waals surface area contributed by atoms with Crippen molar-refractivity contribution in [1.29, 1.82) is 0 Å². The van der Waals surface area contributed by atoms with Gasteiger partial charge in [0.25, 0.3) is 0 Å². The van der Waals surface area contributed by atoms with Crippen molar-refractivity contribution in [2.45, 2.75) is 18.9 Å². The molecule has 1 aromatic carbocycles. The SMILES string of the molecule is CO[SiH](OC)C(C)CCN=Cc1ccccc1. The fraction of sp³-hybridized carbons (Fsp3) is 0.462. The smallest absolute Gasteiger partial charge is 0.323 e. The van der Waals surface area contributed by atoms with Gasteiger partial charge in [-0.2, -0.15) is 0 Å². The van der Waals surface area contributed by atoms with Crippen LogP contribution in [0.1, 0.15) is 18.9 Å². The van der Waals surface area contributed by atoms with E-state index in [0.717, 1.165) is 18.5 Å². The van der Waals surface area contributed by atoms with Crippen LogP contribution in [0, 0.1) is 0 Å². The highest BCUT2D eigenvalue weighted by Gasteiger charge is 2.18. The van der Waals surface area contributed by atoms with Crippen molar-refractivity contribution >= 4 is 15.5 Å². The molecule has 3 nitrogen and oxygen atoms in total. The fourth-order valence-electron chi connectivity index (χ4n) is 1.68. The molecule has 0 aliphatic heterocycles. The Bertz CT molecular complexity index is 325. The van der Waals surface area contributed by atoms with Crippen LogP contribution in [0.2, 0.25) is 5.54 Å². The molecule has 1 aromatic rings. The number of hydrogen-bond acceptors (Lipinski definition) is 3. The van der Waals surface area contributed by atoms with Crippen molar-refractivity contribution in [3.63, 3.8) is 0 Å². The zero-order chi connectivity index (χ0) is 12.5. The van der Waals surface area contributed by atoms with Gasteiger partial charge in [-0.1, -0.05) is 37.3 Å². The van der Waals surface area contributed by atoms with Crippen molar-refractivity contribution in [2.75, 3.05) is 20.8 Å². The van der Waals surface area contributed by atoms with Crippen LogP contribution in [0.3, 0.4) is 0 Å². The molecular weight excluding hydrogens is 230 g/mol. The average Bonchev–Trinajstić information content (AvgIpc) is 2.37. The molecule has 4 heteroatoms. The molecule has 94 valence electrons. The van der Waals surface area contributed by atoms with Gasteiger partial charge < -0.3 is 8.85 Å². The van der Waals surface area contributed by atoms with Crippen molar-refractivity contribution in [3.05, 3.63) is 35.9 Å². The molecule has 0 saturated heterocycles. The maximum atomic E-state index is 5.34. The van der Waals surface area contributed by atoms with Crippen molar-refractivity contribution < 1.29 is 8.85 Å². The molecule has 0 saturated carbocycles. The van der Waals surface area contributed by atoms with Gasteiger partial charge in [-0.15, -0.1) is 0 Å². The Balaban J connectivity index is 2.30. The third kappa shape index (κ3) is 5.26. The molecule has 0 aromatic heterocycles. The van der Waals surface area contributed by atoms with E-state index < -0.39 is 9.28 Å². The molecule has 0 aliphatic rings. The Morgan fingerprint density at radius 2 is 1.88 bits per heavy atom. The molecule has 0 bridgehead atoms. The quantitative estimate of drug-likeness (QED) is 0.550. The summed E-state index contributed by atoms with van der Waals surface area (Å²) in [5, 5.41) is 0. The van der Waals surface area contributed by atoms with E-state index in [-0.39, 0.29) is 0 Å². The lowest BCUT2D eigenvalue weighted by Gasteiger charge is -2.17. The maximum Gasteiger partial charge on any atom is 0.323 e. The van der Waals surface area contributed by atoms with E-state index in [2.05, 4.69) is 24.0 Å². The summed E-state index contributed by atoms with van der Waals surface area (Å²) in [4.78, 5) is 4.42. The number of benzene rings is 1. The Labute approximate surface area is 105 Å². The summed E-state index contributed by atoms with van der Waals surface area (Å²) in [7, 11) is 1.98. The predicted octanol–water partition coefficient (Wildman–Crippen LogP) is 2.40. The minimum absolute atomic E-state index is 0.484. The van der Waals surface area contributed by atoms with Gasteiger partial charge in [-0.05, 0) is 17.5 Å². The summed E-state index contributed by atoms with van der Waals surface area (Å²) in [6.07, 6.45) is 2.94. The summed E-state index contributed by atoms with van der Waals surface area (Å²) in [6, 6.07) is 10.1. The highest BCUT2D eigenvalue weighted by molar-refractivity contribution is 6.46. The molecule has 1 unspecified atom stereocenters. The molecule has 0 amide bonds. The molecule has 17 heavy (non-hydrogen) atoms. The number of nitrogens with zero attached hydrogens (tertiary/aromatic N) is 1. The average molecular weight is 251 g/mol. The lowest BCUT2D eigenvalue weighted by Crippen LogP contribution is -2.24. The molecular formula is C13H21NO2Si. The molecule has 0 heterocycles. The Kier molecular flexibility index (Phi) is 6.77. The lowest BCUT2D eigenvalue weighted by atomic mass is 10.2. The van der Waals surface area contributed by atoms with Gasteiger partial charge in [0.1, 0.15) is 0 Å². The molecule has 0 fully saturated rings. The van der Waals surface area contributed by atoms with Crippen LogP contribution in [0.5, 0.6) is 0 Å². The molecule has 1 rings (SSSR count). The van der Waals surface area contributed by atoms with E-state index in [0.29, 0.717) is 5.54 Å². The minimum Gasteiger partial charge on any atom is -0.400 e. The summed E-state index contributed by atoms with van der Waals surface area (Å²) < 4.78 is 10.7. The van der Waals surface area contributed by atoms with Gasteiger partial charge in [0.05, 0.1) is 0 Å². The molecule has 0 aliphatic carbocycles. The Morgan fingerprint density at radius 3 is 2.47 bits per heavy atom. The topological polar surface area (TPSA) is 30.8 Å². The number of hydrogen-bond donors (Lipinski definition) is 0. The van der Waals surface area contributed by atoms with E-state index in [1.165, 1.54) is 0 Å². The van der Waals surface area contributed by atoms with Crippen molar-refractivity contribution in [1.82, 2.24) is 0 Å². The Hall–Kier alpha value is -0.973. The first-order valence-corrected chi connectivity index (χ1v) is 7.49. The second-order valence-corrected chi connectivity index (χ2v) is 6.87. The van der Waals surface area contributed by atoms with Crippen molar-refractivity contribution in [2.24, 2.45) is 4.99 Å². The summed E-state index contributed by atoms with van der Waals surface area (Å²) >= 11 is 0. The monoisotopic (exact) mass is 251 g/mol. The van der Waals surface area contributed by atoms with Gasteiger partial charge in [0, 0.05) is 27.0 Å². The lowest BCUT2D eigenvalue weighted by molar-refractivity contribution is 0.265. The van der Waals surface area contributed by atoms with E-state index >= 15 is 0 Å². The normalized spacial score (nSPS) is 13.4. The predicted molar refractivity (Wildman–Crippen MR) is 74.1 cm³/mol. The fourth-order valence-corrected chi connectivity index (χ4v) is 3.23. The first kappa shape index (κ1) is 14.1. The van der Waals surface area contributed by atoms with Crippen LogP contribution in [-0.2, 0) is 8.85 Å². The first-order chi connectivity index (χ1) is 8.27. The third-order valence-corrected chi connectivity index (χ3v) is 4.87. The van der Waals surface area contributed by atoms with E-state index in [4.69, 9.17) is 8.85 Å². The van der Waals surface area contributed by atoms with Crippen LogP contribution in [-0.4, -0.2) is 36.3 Å². The van der Waals surface area contributed by atoms with Crippen LogP contribution in [0.25, 0.3) is 0 Å². The van der Waals surface area contributed by atoms with Gasteiger partial charge in [0.15, 0.2) is 0 Å². The molecule has 0 spiro atoms. The molecule has 0 radical (unpaired) electrons. The second kappa shape index (κ2) is 8.17. The number of aliphatic imine (C=N–C) groups is 1. The first-order valence-electron chi connectivity index (χ1n) is 5.88. The van der Waals surface area contributed by atoms with Gasteiger partial charge in [-0.3, -0.25) is 4.99 Å². The highest BCUT2D eigenvalue weighted by atomic mass is 28.3. The van der Waals surface area contributed by atoms with Crippen LogP contribution in [0.4, 0.5) is 0 Å². The highest BCUT2D eigenvalue weighted by Crippen LogP contribution is 2.15. The standard InChI is InChI=1S/C13H21NO2Si/c1-12(17(15-2)16-3)9-10-14-11-13-7-5-4-6-8-13/h4-8,11-12,17H,9-10H2,1-3H3. The zero-order valence-corrected chi connectivity index (χ0v) is 12.0. The molecule has 0 N–H and O–H groups in total. The van der Waals surface area contributed by atoms with Gasteiger partial charge in [0.2, 0.25) is 0 Å². The van der Waals surface area contributed by atoms with Gasteiger partial charge in [-0.25, -0.2) is 0 Å².